The molecule has 0 heterocycles. The Balaban J connectivity index is 1.38. The van der Waals surface area contributed by atoms with E-state index in [1.165, 1.54) is 62.5 Å². The van der Waals surface area contributed by atoms with Gasteiger partial charge in [0.25, 0.3) is 0 Å². The average Bonchev–Trinajstić information content (AvgIpc) is 3.07. The molecule has 0 bridgehead atoms. The Morgan fingerprint density at radius 3 is 1.20 bits per heavy atom. The van der Waals surface area contributed by atoms with Gasteiger partial charge in [-0.15, -0.1) is 0 Å². The van der Waals surface area contributed by atoms with Crippen LogP contribution in [-0.2, 0) is 22.3 Å². The molecule has 2 atom stereocenters. The maximum atomic E-state index is 13.0. The van der Waals surface area contributed by atoms with Crippen molar-refractivity contribution in [1.29, 1.82) is 0 Å². The molecule has 0 aliphatic rings. The summed E-state index contributed by atoms with van der Waals surface area (Å²) in [7, 11) is 0. The SMILES string of the molecule is CCCCCCc1ccc(C(COC(=O)OCC(c2ccccc2)c2ccc(CCCCCC)cc2)c2ccccc2)cc1. The molecule has 0 saturated heterocycles. The smallest absolute Gasteiger partial charge is 0.433 e. The van der Waals surface area contributed by atoms with Crippen LogP contribution in [-0.4, -0.2) is 19.4 Å². The predicted octanol–water partition coefficient (Wildman–Crippen LogP) is 11.0. The molecule has 0 aliphatic carbocycles. The molecule has 0 saturated carbocycles. The molecule has 3 nitrogen and oxygen atoms in total. The summed E-state index contributed by atoms with van der Waals surface area (Å²) in [6, 6.07) is 38.1. The van der Waals surface area contributed by atoms with E-state index in [0.29, 0.717) is 0 Å². The Kier molecular flexibility index (Phi) is 14.1. The van der Waals surface area contributed by atoms with Crippen LogP contribution in [0.2, 0.25) is 0 Å². The lowest BCUT2D eigenvalue weighted by Gasteiger charge is -2.20. The molecule has 2 unspecified atom stereocenters. The fourth-order valence-corrected chi connectivity index (χ4v) is 5.83. The molecule has 4 rings (SSSR count). The van der Waals surface area contributed by atoms with Gasteiger partial charge < -0.3 is 9.47 Å². The number of carbonyl (C=O) groups excluding carboxylic acids is 1. The van der Waals surface area contributed by atoms with Crippen LogP contribution in [0.1, 0.15) is 110 Å². The van der Waals surface area contributed by atoms with E-state index in [9.17, 15) is 4.79 Å². The third kappa shape index (κ3) is 10.7. The van der Waals surface area contributed by atoms with Crippen molar-refractivity contribution in [2.45, 2.75) is 89.9 Å². The van der Waals surface area contributed by atoms with E-state index in [4.69, 9.17) is 9.47 Å². The summed E-state index contributed by atoms with van der Waals surface area (Å²) < 4.78 is 11.6. The maximum absolute atomic E-state index is 13.0. The van der Waals surface area contributed by atoms with Gasteiger partial charge in [-0.2, -0.15) is 0 Å². The standard InChI is InChI=1S/C41H50O3/c1-3-5-7-11-17-33-23-27-37(28-24-33)39(35-19-13-9-14-20-35)31-43-41(42)44-32-40(36-21-15-10-16-22-36)38-29-25-34(26-30-38)18-12-8-6-4-2/h9-10,13-16,19-30,39-40H,3-8,11-12,17-18,31-32H2,1-2H3. The number of unbranched alkanes of at least 4 members (excludes halogenated alkanes) is 6. The van der Waals surface area contributed by atoms with Crippen molar-refractivity contribution < 1.29 is 14.3 Å². The Morgan fingerprint density at radius 1 is 0.477 bits per heavy atom. The number of hydrogen-bond acceptors (Lipinski definition) is 3. The zero-order valence-electron chi connectivity index (χ0n) is 26.8. The van der Waals surface area contributed by atoms with Gasteiger partial charge in [0.05, 0.1) is 0 Å². The first-order valence-corrected chi connectivity index (χ1v) is 16.7. The van der Waals surface area contributed by atoms with Crippen molar-refractivity contribution in [3.8, 4) is 0 Å². The van der Waals surface area contributed by atoms with E-state index in [1.54, 1.807) is 0 Å². The highest BCUT2D eigenvalue weighted by molar-refractivity contribution is 5.60. The van der Waals surface area contributed by atoms with Crippen LogP contribution >= 0.6 is 0 Å². The number of aryl methyl sites for hydroxylation is 2. The normalized spacial score (nSPS) is 12.4. The van der Waals surface area contributed by atoms with E-state index in [-0.39, 0.29) is 25.0 Å². The Bertz CT molecular complexity index is 1230. The molecule has 0 aliphatic heterocycles. The van der Waals surface area contributed by atoms with Crippen molar-refractivity contribution in [3.63, 3.8) is 0 Å². The minimum absolute atomic E-state index is 0.0623. The van der Waals surface area contributed by atoms with Crippen LogP contribution in [0.4, 0.5) is 4.79 Å². The van der Waals surface area contributed by atoms with Crippen LogP contribution in [0.3, 0.4) is 0 Å². The van der Waals surface area contributed by atoms with Gasteiger partial charge in [0, 0.05) is 11.8 Å². The Hall–Kier alpha value is -3.85. The number of ether oxygens (including phenoxy) is 2. The van der Waals surface area contributed by atoms with Gasteiger partial charge in [-0.3, -0.25) is 0 Å². The van der Waals surface area contributed by atoms with Crippen molar-refractivity contribution >= 4 is 6.16 Å². The average molecular weight is 591 g/mol. The van der Waals surface area contributed by atoms with E-state index in [0.717, 1.165) is 35.1 Å². The van der Waals surface area contributed by atoms with Crippen LogP contribution in [0.5, 0.6) is 0 Å². The fourth-order valence-electron chi connectivity index (χ4n) is 5.83. The molecule has 0 aromatic heterocycles. The van der Waals surface area contributed by atoms with Crippen LogP contribution < -0.4 is 0 Å². The van der Waals surface area contributed by atoms with Crippen molar-refractivity contribution in [3.05, 3.63) is 143 Å². The highest BCUT2D eigenvalue weighted by Crippen LogP contribution is 2.28. The summed E-state index contributed by atoms with van der Waals surface area (Å²) in [6.45, 7) is 4.93. The van der Waals surface area contributed by atoms with Crippen LogP contribution in [0.25, 0.3) is 0 Å². The summed E-state index contributed by atoms with van der Waals surface area (Å²) >= 11 is 0. The van der Waals surface area contributed by atoms with Gasteiger partial charge in [-0.05, 0) is 59.1 Å². The molecule has 4 aromatic rings. The van der Waals surface area contributed by atoms with Gasteiger partial charge in [0.1, 0.15) is 13.2 Å². The molecule has 4 aromatic carbocycles. The van der Waals surface area contributed by atoms with Crippen molar-refractivity contribution in [2.75, 3.05) is 13.2 Å². The minimum atomic E-state index is -0.632. The first-order valence-electron chi connectivity index (χ1n) is 16.7. The second-order valence-electron chi connectivity index (χ2n) is 11.9. The fraction of sp³-hybridized carbons (Fsp3) is 0.390. The minimum Gasteiger partial charge on any atom is -0.433 e. The van der Waals surface area contributed by atoms with Gasteiger partial charge in [0.2, 0.25) is 0 Å². The van der Waals surface area contributed by atoms with Crippen LogP contribution in [0.15, 0.2) is 109 Å². The first kappa shape index (κ1) is 33.1. The molecule has 0 radical (unpaired) electrons. The highest BCUT2D eigenvalue weighted by atomic mass is 16.7. The molecule has 0 fully saturated rings. The van der Waals surface area contributed by atoms with Gasteiger partial charge >= 0.3 is 6.16 Å². The van der Waals surface area contributed by atoms with Crippen LogP contribution in [0, 0.1) is 0 Å². The zero-order valence-corrected chi connectivity index (χ0v) is 26.8. The molecule has 0 spiro atoms. The molecule has 232 valence electrons. The lowest BCUT2D eigenvalue weighted by Crippen LogP contribution is -2.18. The predicted molar refractivity (Wildman–Crippen MR) is 182 cm³/mol. The highest BCUT2D eigenvalue weighted by Gasteiger charge is 2.20. The number of hydrogen-bond donors (Lipinski definition) is 0. The van der Waals surface area contributed by atoms with Crippen molar-refractivity contribution in [1.82, 2.24) is 0 Å². The van der Waals surface area contributed by atoms with E-state index in [1.807, 2.05) is 36.4 Å². The lowest BCUT2D eigenvalue weighted by molar-refractivity contribution is 0.0511. The van der Waals surface area contributed by atoms with E-state index >= 15 is 0 Å². The summed E-state index contributed by atoms with van der Waals surface area (Å²) in [5.41, 5.74) is 7.22. The monoisotopic (exact) mass is 590 g/mol. The third-order valence-electron chi connectivity index (χ3n) is 8.54. The number of rotatable bonds is 18. The second kappa shape index (κ2) is 18.7. The quantitative estimate of drug-likeness (QED) is 0.0854. The third-order valence-corrected chi connectivity index (χ3v) is 8.54. The first-order chi connectivity index (χ1) is 21.7. The molecular formula is C41H50O3. The summed E-state index contributed by atoms with van der Waals surface area (Å²) in [6.07, 6.45) is 11.6. The Labute approximate surface area is 265 Å². The second-order valence-corrected chi connectivity index (χ2v) is 11.9. The molecule has 0 amide bonds. The van der Waals surface area contributed by atoms with Gasteiger partial charge in [0.15, 0.2) is 0 Å². The van der Waals surface area contributed by atoms with Crippen molar-refractivity contribution in [2.24, 2.45) is 0 Å². The number of benzene rings is 4. The van der Waals surface area contributed by atoms with Gasteiger partial charge in [-0.25, -0.2) is 4.79 Å². The Morgan fingerprint density at radius 2 is 0.841 bits per heavy atom. The van der Waals surface area contributed by atoms with Gasteiger partial charge in [-0.1, -0.05) is 162 Å². The molecule has 0 N–H and O–H groups in total. The summed E-state index contributed by atoms with van der Waals surface area (Å²) in [4.78, 5) is 13.0. The largest absolute Gasteiger partial charge is 0.508 e. The summed E-state index contributed by atoms with van der Waals surface area (Å²) in [5.74, 6) is -0.125. The molecule has 44 heavy (non-hydrogen) atoms. The topological polar surface area (TPSA) is 35.5 Å². The summed E-state index contributed by atoms with van der Waals surface area (Å²) in [5, 5.41) is 0. The van der Waals surface area contributed by atoms with E-state index in [2.05, 4.69) is 86.6 Å². The molecule has 3 heteroatoms. The lowest BCUT2D eigenvalue weighted by atomic mass is 9.91. The van der Waals surface area contributed by atoms with E-state index < -0.39 is 6.16 Å². The number of carbonyl (C=O) groups is 1. The zero-order chi connectivity index (χ0) is 30.8. The maximum Gasteiger partial charge on any atom is 0.508 e. The molecular weight excluding hydrogens is 540 g/mol.